The summed E-state index contributed by atoms with van der Waals surface area (Å²) in [7, 11) is 0. The minimum atomic E-state index is -0.262. The molecular weight excluding hydrogens is 442 g/mol. The van der Waals surface area contributed by atoms with Gasteiger partial charge in [0.05, 0.1) is 12.2 Å². The number of nitrogens with zero attached hydrogens (tertiary/aromatic N) is 2. The first-order valence-electron chi connectivity index (χ1n) is 11.5. The smallest absolute Gasteiger partial charge is 0.322 e. The second-order valence-corrected chi connectivity index (χ2v) is 9.23. The number of fused-ring (bicyclic) bond motifs is 1. The molecule has 0 aliphatic rings. The van der Waals surface area contributed by atoms with E-state index in [0.29, 0.717) is 19.6 Å². The van der Waals surface area contributed by atoms with Crippen LogP contribution in [0.4, 0.5) is 10.5 Å². The standard InChI is InChI=1S/C28H29N3O2S/c1-2-17-30(28(33)29-26-16-8-13-23-12-6-7-15-25(23)26)21-27(32)31(20-24-14-9-18-34-24)19-22-10-4-3-5-11-22/h3-16,18H,2,17,19-21H2,1H3,(H,29,33). The highest BCUT2D eigenvalue weighted by Crippen LogP contribution is 2.23. The van der Waals surface area contributed by atoms with E-state index in [1.54, 1.807) is 16.2 Å². The summed E-state index contributed by atoms with van der Waals surface area (Å²) in [5.74, 6) is -0.0706. The van der Waals surface area contributed by atoms with Crippen molar-refractivity contribution in [3.63, 3.8) is 0 Å². The van der Waals surface area contributed by atoms with Gasteiger partial charge in [0.25, 0.3) is 0 Å². The minimum Gasteiger partial charge on any atom is -0.332 e. The van der Waals surface area contributed by atoms with E-state index >= 15 is 0 Å². The fraction of sp³-hybridized carbons (Fsp3) is 0.214. The number of hydrogen-bond acceptors (Lipinski definition) is 3. The summed E-state index contributed by atoms with van der Waals surface area (Å²) in [4.78, 5) is 31.2. The largest absolute Gasteiger partial charge is 0.332 e. The maximum atomic E-state index is 13.4. The molecule has 0 unspecified atom stereocenters. The Kier molecular flexibility index (Phi) is 7.94. The van der Waals surface area contributed by atoms with E-state index in [1.165, 1.54) is 0 Å². The summed E-state index contributed by atoms with van der Waals surface area (Å²) >= 11 is 1.63. The van der Waals surface area contributed by atoms with E-state index in [1.807, 2.05) is 102 Å². The van der Waals surface area contributed by atoms with Gasteiger partial charge in [-0.2, -0.15) is 0 Å². The highest BCUT2D eigenvalue weighted by atomic mass is 32.1. The van der Waals surface area contributed by atoms with E-state index in [9.17, 15) is 9.59 Å². The van der Waals surface area contributed by atoms with Crippen LogP contribution in [0.1, 0.15) is 23.8 Å². The van der Waals surface area contributed by atoms with Gasteiger partial charge in [0.2, 0.25) is 5.91 Å². The van der Waals surface area contributed by atoms with E-state index in [-0.39, 0.29) is 18.5 Å². The number of carbonyl (C=O) groups excluding carboxylic acids is 2. The van der Waals surface area contributed by atoms with Crippen LogP contribution in [-0.4, -0.2) is 34.8 Å². The molecule has 0 fully saturated rings. The number of hydrogen-bond donors (Lipinski definition) is 1. The van der Waals surface area contributed by atoms with Gasteiger partial charge in [-0.15, -0.1) is 11.3 Å². The number of carbonyl (C=O) groups is 2. The molecule has 4 rings (SSSR count). The van der Waals surface area contributed by atoms with Gasteiger partial charge in [-0.25, -0.2) is 4.79 Å². The van der Waals surface area contributed by atoms with Gasteiger partial charge in [0.1, 0.15) is 6.54 Å². The Labute approximate surface area is 204 Å². The molecule has 1 aromatic heterocycles. The van der Waals surface area contributed by atoms with Crippen LogP contribution in [0.3, 0.4) is 0 Å². The van der Waals surface area contributed by atoms with Crippen molar-refractivity contribution in [1.29, 1.82) is 0 Å². The van der Waals surface area contributed by atoms with Crippen molar-refractivity contribution in [3.8, 4) is 0 Å². The van der Waals surface area contributed by atoms with Crippen LogP contribution in [-0.2, 0) is 17.9 Å². The fourth-order valence-electron chi connectivity index (χ4n) is 3.94. The third-order valence-corrected chi connectivity index (χ3v) is 6.50. The Morgan fingerprint density at radius 3 is 2.35 bits per heavy atom. The molecule has 0 atom stereocenters. The summed E-state index contributed by atoms with van der Waals surface area (Å²) < 4.78 is 0. The zero-order chi connectivity index (χ0) is 23.8. The van der Waals surface area contributed by atoms with Crippen LogP contribution in [0.5, 0.6) is 0 Å². The molecular formula is C28H29N3O2S. The number of amides is 3. The molecule has 0 aliphatic carbocycles. The van der Waals surface area contributed by atoms with Gasteiger partial charge in [-0.3, -0.25) is 4.79 Å². The number of benzene rings is 3. The first-order valence-corrected chi connectivity index (χ1v) is 12.4. The molecule has 0 saturated heterocycles. The van der Waals surface area contributed by atoms with Gasteiger partial charge < -0.3 is 15.1 Å². The zero-order valence-corrected chi connectivity index (χ0v) is 20.1. The van der Waals surface area contributed by atoms with Crippen LogP contribution in [0.25, 0.3) is 10.8 Å². The fourth-order valence-corrected chi connectivity index (χ4v) is 4.66. The molecule has 0 saturated carbocycles. The lowest BCUT2D eigenvalue weighted by Gasteiger charge is -2.28. The molecule has 0 bridgehead atoms. The normalized spacial score (nSPS) is 10.7. The molecule has 0 spiro atoms. The second kappa shape index (κ2) is 11.5. The van der Waals surface area contributed by atoms with Crippen LogP contribution < -0.4 is 5.32 Å². The lowest BCUT2D eigenvalue weighted by molar-refractivity contribution is -0.133. The number of thiophene rings is 1. The van der Waals surface area contributed by atoms with E-state index < -0.39 is 0 Å². The molecule has 3 amide bonds. The van der Waals surface area contributed by atoms with Crippen LogP contribution in [0.2, 0.25) is 0 Å². The van der Waals surface area contributed by atoms with Crippen molar-refractivity contribution in [1.82, 2.24) is 9.80 Å². The minimum absolute atomic E-state index is 0.0304. The van der Waals surface area contributed by atoms with E-state index in [0.717, 1.165) is 33.3 Å². The van der Waals surface area contributed by atoms with Crippen molar-refractivity contribution < 1.29 is 9.59 Å². The SMILES string of the molecule is CCCN(CC(=O)N(Cc1ccccc1)Cc1cccs1)C(=O)Nc1cccc2ccccc12. The lowest BCUT2D eigenvalue weighted by Crippen LogP contribution is -2.44. The number of urea groups is 1. The topological polar surface area (TPSA) is 52.7 Å². The van der Waals surface area contributed by atoms with Crippen molar-refractivity contribution in [2.45, 2.75) is 26.4 Å². The molecule has 0 aliphatic heterocycles. The molecule has 0 radical (unpaired) electrons. The quantitative estimate of drug-likeness (QED) is 0.308. The molecule has 1 heterocycles. The summed E-state index contributed by atoms with van der Waals surface area (Å²) in [6.07, 6.45) is 0.764. The van der Waals surface area contributed by atoms with Gasteiger partial charge in [-0.1, -0.05) is 79.7 Å². The lowest BCUT2D eigenvalue weighted by atomic mass is 10.1. The number of nitrogens with one attached hydrogen (secondary N) is 1. The summed E-state index contributed by atoms with van der Waals surface area (Å²) in [5, 5.41) is 7.08. The van der Waals surface area contributed by atoms with E-state index in [2.05, 4.69) is 5.32 Å². The summed E-state index contributed by atoms with van der Waals surface area (Å²) in [6, 6.07) is 27.5. The van der Waals surface area contributed by atoms with Gasteiger partial charge in [0.15, 0.2) is 0 Å². The van der Waals surface area contributed by atoms with Gasteiger partial charge in [-0.05, 0) is 34.9 Å². The summed E-state index contributed by atoms with van der Waals surface area (Å²) in [6.45, 7) is 3.57. The van der Waals surface area contributed by atoms with Crippen LogP contribution in [0.15, 0.2) is 90.3 Å². The Balaban J connectivity index is 1.50. The monoisotopic (exact) mass is 471 g/mol. The molecule has 5 nitrogen and oxygen atoms in total. The molecule has 3 aromatic carbocycles. The first-order chi connectivity index (χ1) is 16.6. The van der Waals surface area contributed by atoms with Crippen molar-refractivity contribution in [2.75, 3.05) is 18.4 Å². The van der Waals surface area contributed by atoms with Gasteiger partial charge in [0, 0.05) is 23.4 Å². The summed E-state index contributed by atoms with van der Waals surface area (Å²) in [5.41, 5.74) is 1.81. The molecule has 4 aromatic rings. The maximum absolute atomic E-state index is 13.4. The van der Waals surface area contributed by atoms with Crippen molar-refractivity contribution >= 4 is 39.7 Å². The third-order valence-electron chi connectivity index (χ3n) is 5.63. The average molecular weight is 472 g/mol. The predicted molar refractivity (Wildman–Crippen MR) is 140 cm³/mol. The van der Waals surface area contributed by atoms with Gasteiger partial charge >= 0.3 is 6.03 Å². The Bertz CT molecular complexity index is 1220. The highest BCUT2D eigenvalue weighted by Gasteiger charge is 2.22. The Hall–Kier alpha value is -3.64. The molecule has 34 heavy (non-hydrogen) atoms. The molecule has 174 valence electrons. The Morgan fingerprint density at radius 1 is 0.824 bits per heavy atom. The molecule has 6 heteroatoms. The zero-order valence-electron chi connectivity index (χ0n) is 19.3. The third kappa shape index (κ3) is 6.02. The maximum Gasteiger partial charge on any atom is 0.322 e. The van der Waals surface area contributed by atoms with E-state index in [4.69, 9.17) is 0 Å². The number of anilines is 1. The van der Waals surface area contributed by atoms with Crippen LogP contribution >= 0.6 is 11.3 Å². The highest BCUT2D eigenvalue weighted by molar-refractivity contribution is 7.09. The van der Waals surface area contributed by atoms with Crippen LogP contribution in [0, 0.1) is 0 Å². The predicted octanol–water partition coefficient (Wildman–Crippen LogP) is 6.37. The second-order valence-electron chi connectivity index (χ2n) is 8.19. The van der Waals surface area contributed by atoms with Crippen molar-refractivity contribution in [2.24, 2.45) is 0 Å². The van der Waals surface area contributed by atoms with Crippen molar-refractivity contribution in [3.05, 3.63) is 101 Å². The Morgan fingerprint density at radius 2 is 1.59 bits per heavy atom. The average Bonchev–Trinajstić information content (AvgIpc) is 3.37. The number of rotatable bonds is 9. The molecule has 1 N–H and O–H groups in total. The first kappa shape index (κ1) is 23.5.